The molecule has 1 aromatic rings. The van der Waals surface area contributed by atoms with E-state index in [0.717, 1.165) is 45.4 Å². The maximum Gasteiger partial charge on any atom is 0.237 e. The molecule has 6 heteroatoms. The van der Waals surface area contributed by atoms with Crippen LogP contribution in [0.3, 0.4) is 0 Å². The summed E-state index contributed by atoms with van der Waals surface area (Å²) in [6.45, 7) is 14.7. The van der Waals surface area contributed by atoms with Gasteiger partial charge in [-0.2, -0.15) is 0 Å². The number of carbonyl (C=O) groups excluding carboxylic acids is 1. The maximum atomic E-state index is 12.5. The number of piperazine rings is 1. The van der Waals surface area contributed by atoms with E-state index in [1.54, 1.807) is 0 Å². The molecule has 4 nitrogen and oxygen atoms in total. The Morgan fingerprint density at radius 2 is 1.81 bits per heavy atom. The molecule has 2 heterocycles. The molecule has 2 saturated heterocycles. The van der Waals surface area contributed by atoms with E-state index < -0.39 is 0 Å². The van der Waals surface area contributed by atoms with Gasteiger partial charge in [-0.3, -0.25) is 9.69 Å². The number of thioether (sulfide) groups is 1. The van der Waals surface area contributed by atoms with E-state index in [0.29, 0.717) is 0 Å². The van der Waals surface area contributed by atoms with Crippen molar-refractivity contribution in [2.45, 2.75) is 63.6 Å². The summed E-state index contributed by atoms with van der Waals surface area (Å²) in [6, 6.07) is 6.57. The van der Waals surface area contributed by atoms with Crippen LogP contribution in [0, 0.1) is 13.8 Å². The lowest BCUT2D eigenvalue weighted by molar-refractivity contribution is -0.124. The lowest BCUT2D eigenvalue weighted by atomic mass is 10.1. The number of aryl methyl sites for hydroxylation is 1. The number of halogens is 1. The number of nitrogens with zero attached hydrogens (tertiary/aromatic N) is 2. The predicted molar refractivity (Wildman–Crippen MR) is 119 cm³/mol. The molecule has 1 N–H and O–H groups in total. The van der Waals surface area contributed by atoms with Crippen LogP contribution < -0.4 is 10.2 Å². The Morgan fingerprint density at radius 3 is 2.37 bits per heavy atom. The average molecular weight is 412 g/mol. The topological polar surface area (TPSA) is 35.6 Å². The summed E-state index contributed by atoms with van der Waals surface area (Å²) in [5, 5.41) is 3.37. The molecule has 2 aliphatic heterocycles. The van der Waals surface area contributed by atoms with Crippen molar-refractivity contribution in [3.63, 3.8) is 0 Å². The second-order valence-corrected chi connectivity index (χ2v) is 10.0. The first-order chi connectivity index (χ1) is 12.3. The van der Waals surface area contributed by atoms with Crippen LogP contribution in [0.2, 0.25) is 0 Å². The Morgan fingerprint density at radius 1 is 1.15 bits per heavy atom. The Balaban J connectivity index is 0.00000261. The fourth-order valence-corrected chi connectivity index (χ4v) is 5.73. The van der Waals surface area contributed by atoms with Crippen LogP contribution in [0.1, 0.15) is 51.2 Å². The van der Waals surface area contributed by atoms with Crippen LogP contribution in [0.5, 0.6) is 0 Å². The Bertz CT molecular complexity index is 673. The molecule has 0 aromatic heterocycles. The lowest BCUT2D eigenvalue weighted by Crippen LogP contribution is -2.60. The zero-order valence-corrected chi connectivity index (χ0v) is 18.9. The number of hydrogen-bond acceptors (Lipinski definition) is 4. The minimum absolute atomic E-state index is 0. The first-order valence-electron chi connectivity index (χ1n) is 9.88. The van der Waals surface area contributed by atoms with Gasteiger partial charge in [0.2, 0.25) is 5.91 Å². The second kappa shape index (κ2) is 8.62. The highest BCUT2D eigenvalue weighted by molar-refractivity contribution is 8.03. The molecule has 27 heavy (non-hydrogen) atoms. The highest BCUT2D eigenvalue weighted by atomic mass is 35.5. The molecule has 1 atom stereocenters. The van der Waals surface area contributed by atoms with Gasteiger partial charge in [-0.15, -0.1) is 24.2 Å². The average Bonchev–Trinajstić information content (AvgIpc) is 2.86. The van der Waals surface area contributed by atoms with Crippen molar-refractivity contribution in [1.82, 2.24) is 10.2 Å². The van der Waals surface area contributed by atoms with Crippen LogP contribution in [0.4, 0.5) is 5.69 Å². The number of benzene rings is 1. The third kappa shape index (κ3) is 4.41. The molecule has 3 rings (SSSR count). The molecular formula is C21H34ClN3OS. The van der Waals surface area contributed by atoms with Gasteiger partial charge in [0.1, 0.15) is 4.99 Å². The molecule has 0 aliphatic carbocycles. The lowest BCUT2D eigenvalue weighted by Gasteiger charge is -2.46. The van der Waals surface area contributed by atoms with Gasteiger partial charge in [0, 0.05) is 31.9 Å². The molecular weight excluding hydrogens is 378 g/mol. The van der Waals surface area contributed by atoms with E-state index in [1.807, 2.05) is 25.6 Å². The van der Waals surface area contributed by atoms with Crippen molar-refractivity contribution in [1.29, 1.82) is 0 Å². The Labute approximate surface area is 174 Å². The molecule has 2 fully saturated rings. The summed E-state index contributed by atoms with van der Waals surface area (Å²) < 4.78 is -0.349. The third-order valence-electron chi connectivity index (χ3n) is 5.86. The second-order valence-electron chi connectivity index (χ2n) is 8.15. The number of anilines is 1. The van der Waals surface area contributed by atoms with E-state index in [4.69, 9.17) is 0 Å². The fraction of sp³-hybridized carbons (Fsp3) is 0.667. The van der Waals surface area contributed by atoms with Gasteiger partial charge < -0.3 is 10.2 Å². The monoisotopic (exact) mass is 411 g/mol. The van der Waals surface area contributed by atoms with E-state index >= 15 is 0 Å². The van der Waals surface area contributed by atoms with Gasteiger partial charge in [-0.25, -0.2) is 0 Å². The highest BCUT2D eigenvalue weighted by Gasteiger charge is 2.52. The van der Waals surface area contributed by atoms with Gasteiger partial charge >= 0.3 is 0 Å². The number of carbonyl (C=O) groups is 1. The van der Waals surface area contributed by atoms with Gasteiger partial charge in [0.25, 0.3) is 0 Å². The summed E-state index contributed by atoms with van der Waals surface area (Å²) in [6.07, 6.45) is 3.31. The molecule has 0 spiro atoms. The summed E-state index contributed by atoms with van der Waals surface area (Å²) >= 11 is 1.82. The van der Waals surface area contributed by atoms with Gasteiger partial charge in [0.15, 0.2) is 0 Å². The first-order valence-corrected chi connectivity index (χ1v) is 10.7. The Kier molecular flexibility index (Phi) is 7.15. The van der Waals surface area contributed by atoms with Gasteiger partial charge in [-0.05, 0) is 57.7 Å². The number of unbranched alkanes of at least 4 members (excludes halogenated alkanes) is 1. The molecule has 1 amide bonds. The van der Waals surface area contributed by atoms with Crippen molar-refractivity contribution in [3.05, 3.63) is 29.3 Å². The van der Waals surface area contributed by atoms with E-state index in [2.05, 4.69) is 54.1 Å². The first kappa shape index (κ1) is 22.4. The molecule has 152 valence electrons. The van der Waals surface area contributed by atoms with Crippen molar-refractivity contribution in [2.24, 2.45) is 0 Å². The van der Waals surface area contributed by atoms with Crippen LogP contribution in [-0.4, -0.2) is 46.7 Å². The quantitative estimate of drug-likeness (QED) is 0.782. The fourth-order valence-electron chi connectivity index (χ4n) is 4.04. The minimum Gasteiger partial charge on any atom is -0.369 e. The van der Waals surface area contributed by atoms with Crippen molar-refractivity contribution < 1.29 is 4.79 Å². The molecule has 0 bridgehead atoms. The van der Waals surface area contributed by atoms with Crippen LogP contribution in [-0.2, 0) is 4.79 Å². The van der Waals surface area contributed by atoms with E-state index in [1.165, 1.54) is 16.8 Å². The number of amides is 1. The van der Waals surface area contributed by atoms with Gasteiger partial charge in [-0.1, -0.05) is 25.5 Å². The number of nitrogens with one attached hydrogen (secondary N) is 1. The zero-order valence-electron chi connectivity index (χ0n) is 17.3. The Hall–Kier alpha value is -0.910. The minimum atomic E-state index is -0.349. The zero-order chi connectivity index (χ0) is 18.9. The highest BCUT2D eigenvalue weighted by Crippen LogP contribution is 2.46. The van der Waals surface area contributed by atoms with Crippen LogP contribution in [0.15, 0.2) is 18.2 Å². The summed E-state index contributed by atoms with van der Waals surface area (Å²) in [7, 11) is 0. The van der Waals surface area contributed by atoms with E-state index in [-0.39, 0.29) is 28.1 Å². The normalized spacial score (nSPS) is 25.2. The predicted octanol–water partition coefficient (Wildman–Crippen LogP) is 4.33. The van der Waals surface area contributed by atoms with Crippen molar-refractivity contribution in [2.75, 3.05) is 31.1 Å². The third-order valence-corrected chi connectivity index (χ3v) is 7.45. The van der Waals surface area contributed by atoms with Crippen molar-refractivity contribution in [3.8, 4) is 0 Å². The van der Waals surface area contributed by atoms with E-state index in [9.17, 15) is 4.79 Å². The molecule has 1 aromatic carbocycles. The SMILES string of the molecule is CCCCC1(N2CCN(c3cccc(C)c3C)CC2)NC(=O)C(C)(C)S1.Cl. The summed E-state index contributed by atoms with van der Waals surface area (Å²) in [5.74, 6) is 0.176. The number of hydrogen-bond donors (Lipinski definition) is 1. The summed E-state index contributed by atoms with van der Waals surface area (Å²) in [5.41, 5.74) is 4.09. The molecule has 0 radical (unpaired) electrons. The standard InChI is InChI=1S/C21H33N3OS.ClH/c1-6-7-11-21(22-19(25)20(4,5)26-21)24-14-12-23(13-15-24)18-10-8-9-16(2)17(18)3;/h8-10H,6-7,11-15H2,1-5H3,(H,22,25);1H. The van der Waals surface area contributed by atoms with Crippen LogP contribution in [0.25, 0.3) is 0 Å². The maximum absolute atomic E-state index is 12.5. The smallest absolute Gasteiger partial charge is 0.237 e. The largest absolute Gasteiger partial charge is 0.369 e. The summed E-state index contributed by atoms with van der Waals surface area (Å²) in [4.78, 5) is 17.3. The molecule has 0 saturated carbocycles. The van der Waals surface area contributed by atoms with Crippen molar-refractivity contribution >= 4 is 35.8 Å². The molecule has 2 aliphatic rings. The van der Waals surface area contributed by atoms with Gasteiger partial charge in [0.05, 0.1) is 4.75 Å². The molecule has 1 unspecified atom stereocenters. The van der Waals surface area contributed by atoms with Crippen LogP contribution >= 0.6 is 24.2 Å². The number of rotatable bonds is 5.